The highest BCUT2D eigenvalue weighted by atomic mass is 127. The van der Waals surface area contributed by atoms with Crippen molar-refractivity contribution in [3.63, 3.8) is 0 Å². The number of aryl methyl sites for hydroxylation is 1. The predicted octanol–water partition coefficient (Wildman–Crippen LogP) is 4.12. The number of aromatic nitrogens is 1. The Morgan fingerprint density at radius 3 is 2.87 bits per heavy atom. The van der Waals surface area contributed by atoms with E-state index in [1.54, 1.807) is 0 Å². The van der Waals surface area contributed by atoms with Crippen LogP contribution >= 0.6 is 22.6 Å². The molecule has 0 radical (unpaired) electrons. The lowest BCUT2D eigenvalue weighted by Crippen LogP contribution is -1.89. The molecule has 0 saturated heterocycles. The SMILES string of the molecule is IC=CCCc1ccc2ccccc2n1. The van der Waals surface area contributed by atoms with Crippen LogP contribution < -0.4 is 0 Å². The molecule has 0 bridgehead atoms. The molecule has 0 spiro atoms. The quantitative estimate of drug-likeness (QED) is 0.777. The van der Waals surface area contributed by atoms with Crippen LogP contribution in [0.3, 0.4) is 0 Å². The summed E-state index contributed by atoms with van der Waals surface area (Å²) in [5.41, 5.74) is 2.26. The van der Waals surface area contributed by atoms with Crippen molar-refractivity contribution in [2.45, 2.75) is 12.8 Å². The molecule has 2 rings (SSSR count). The molecule has 15 heavy (non-hydrogen) atoms. The number of rotatable bonds is 3. The van der Waals surface area contributed by atoms with E-state index in [9.17, 15) is 0 Å². The molecule has 0 atom stereocenters. The van der Waals surface area contributed by atoms with Crippen molar-refractivity contribution in [1.82, 2.24) is 4.98 Å². The third-order valence-corrected chi connectivity index (χ3v) is 2.82. The van der Waals surface area contributed by atoms with Gasteiger partial charge in [0, 0.05) is 11.1 Å². The van der Waals surface area contributed by atoms with Crippen molar-refractivity contribution in [1.29, 1.82) is 0 Å². The van der Waals surface area contributed by atoms with Crippen LogP contribution in [0.25, 0.3) is 10.9 Å². The van der Waals surface area contributed by atoms with E-state index in [4.69, 9.17) is 0 Å². The van der Waals surface area contributed by atoms with Crippen molar-refractivity contribution < 1.29 is 0 Å². The lowest BCUT2D eigenvalue weighted by molar-refractivity contribution is 0.957. The number of para-hydroxylation sites is 1. The Morgan fingerprint density at radius 2 is 2.00 bits per heavy atom. The molecule has 1 heterocycles. The second-order valence-corrected chi connectivity index (χ2v) is 4.11. The van der Waals surface area contributed by atoms with Gasteiger partial charge in [-0.25, -0.2) is 0 Å². The smallest absolute Gasteiger partial charge is 0.0705 e. The van der Waals surface area contributed by atoms with Crippen LogP contribution in [-0.4, -0.2) is 4.98 Å². The summed E-state index contributed by atoms with van der Waals surface area (Å²) in [5, 5.41) is 1.21. The van der Waals surface area contributed by atoms with E-state index in [0.717, 1.165) is 18.4 Å². The fourth-order valence-corrected chi connectivity index (χ4v) is 1.90. The Morgan fingerprint density at radius 1 is 1.13 bits per heavy atom. The van der Waals surface area contributed by atoms with E-state index < -0.39 is 0 Å². The van der Waals surface area contributed by atoms with E-state index in [2.05, 4.69) is 62.0 Å². The van der Waals surface area contributed by atoms with Crippen LogP contribution in [0.15, 0.2) is 46.6 Å². The molecule has 0 unspecified atom stereocenters. The van der Waals surface area contributed by atoms with Gasteiger partial charge in [-0.3, -0.25) is 4.98 Å². The lowest BCUT2D eigenvalue weighted by Gasteiger charge is -2.00. The van der Waals surface area contributed by atoms with E-state index >= 15 is 0 Å². The van der Waals surface area contributed by atoms with Crippen LogP contribution in [-0.2, 0) is 6.42 Å². The van der Waals surface area contributed by atoms with Crippen LogP contribution in [0.4, 0.5) is 0 Å². The average Bonchev–Trinajstić information content (AvgIpc) is 2.29. The fraction of sp³-hybridized carbons (Fsp3) is 0.154. The molecule has 2 aromatic rings. The topological polar surface area (TPSA) is 12.9 Å². The number of pyridine rings is 1. The molecule has 0 amide bonds. The molecule has 0 N–H and O–H groups in total. The van der Waals surface area contributed by atoms with Crippen LogP contribution in [0, 0.1) is 0 Å². The summed E-state index contributed by atoms with van der Waals surface area (Å²) in [4.78, 5) is 4.61. The first-order chi connectivity index (χ1) is 7.40. The van der Waals surface area contributed by atoms with Gasteiger partial charge in [0.25, 0.3) is 0 Å². The van der Waals surface area contributed by atoms with Gasteiger partial charge in [-0.15, -0.1) is 0 Å². The molecule has 0 aliphatic carbocycles. The Labute approximate surface area is 103 Å². The number of nitrogens with zero attached hydrogens (tertiary/aromatic N) is 1. The molecular formula is C13H12IN. The molecule has 1 nitrogen and oxygen atoms in total. The van der Waals surface area contributed by atoms with Crippen LogP contribution in [0.2, 0.25) is 0 Å². The second kappa shape index (κ2) is 5.26. The highest BCUT2D eigenvalue weighted by molar-refractivity contribution is 14.1. The zero-order valence-corrected chi connectivity index (χ0v) is 10.5. The highest BCUT2D eigenvalue weighted by Gasteiger charge is 1.96. The van der Waals surface area contributed by atoms with E-state index in [0.29, 0.717) is 0 Å². The van der Waals surface area contributed by atoms with Gasteiger partial charge in [-0.1, -0.05) is 52.9 Å². The first kappa shape index (κ1) is 10.6. The molecule has 0 fully saturated rings. The van der Waals surface area contributed by atoms with Gasteiger partial charge in [-0.2, -0.15) is 0 Å². The minimum absolute atomic E-state index is 1.02. The zero-order valence-electron chi connectivity index (χ0n) is 8.36. The third kappa shape index (κ3) is 2.78. The molecule has 0 saturated carbocycles. The maximum absolute atomic E-state index is 4.61. The standard InChI is InChI=1S/C13H12IN/c14-10-4-3-6-12-9-8-11-5-1-2-7-13(11)15-12/h1-2,4-5,7-10H,3,6H2. The minimum atomic E-state index is 1.02. The Bertz CT molecular complexity index is 477. The Balaban J connectivity index is 2.23. The summed E-state index contributed by atoms with van der Waals surface area (Å²) in [7, 11) is 0. The van der Waals surface area contributed by atoms with Crippen molar-refractivity contribution in [3.8, 4) is 0 Å². The predicted molar refractivity (Wildman–Crippen MR) is 73.2 cm³/mol. The summed E-state index contributed by atoms with van der Waals surface area (Å²) in [5.74, 6) is 0. The molecule has 1 aromatic heterocycles. The monoisotopic (exact) mass is 309 g/mol. The normalized spacial score (nSPS) is 11.3. The largest absolute Gasteiger partial charge is 0.253 e. The molecule has 2 heteroatoms. The van der Waals surface area contributed by atoms with Gasteiger partial charge < -0.3 is 0 Å². The lowest BCUT2D eigenvalue weighted by atomic mass is 10.1. The Hall–Kier alpha value is -0.900. The Kier molecular flexibility index (Phi) is 3.72. The van der Waals surface area contributed by atoms with Gasteiger partial charge >= 0.3 is 0 Å². The van der Waals surface area contributed by atoms with Crippen molar-refractivity contribution in [2.24, 2.45) is 0 Å². The average molecular weight is 309 g/mol. The number of halogens is 1. The van der Waals surface area contributed by atoms with E-state index in [1.807, 2.05) is 12.1 Å². The third-order valence-electron chi connectivity index (χ3n) is 2.31. The van der Waals surface area contributed by atoms with Gasteiger partial charge in [0.2, 0.25) is 0 Å². The van der Waals surface area contributed by atoms with Crippen molar-refractivity contribution in [3.05, 3.63) is 52.3 Å². The van der Waals surface area contributed by atoms with Gasteiger partial charge in [0.15, 0.2) is 0 Å². The fourth-order valence-electron chi connectivity index (χ4n) is 1.54. The molecule has 1 aromatic carbocycles. The maximum Gasteiger partial charge on any atom is 0.0705 e. The van der Waals surface area contributed by atoms with Gasteiger partial charge in [-0.05, 0) is 29.1 Å². The maximum atomic E-state index is 4.61. The molecule has 0 aliphatic heterocycles. The second-order valence-electron chi connectivity index (χ2n) is 3.40. The zero-order chi connectivity index (χ0) is 10.5. The summed E-state index contributed by atoms with van der Waals surface area (Å²) in [6, 6.07) is 12.5. The first-order valence-electron chi connectivity index (χ1n) is 5.00. The highest BCUT2D eigenvalue weighted by Crippen LogP contribution is 2.12. The summed E-state index contributed by atoms with van der Waals surface area (Å²) in [6.07, 6.45) is 4.25. The first-order valence-corrected chi connectivity index (χ1v) is 6.24. The van der Waals surface area contributed by atoms with Crippen molar-refractivity contribution >= 4 is 33.5 Å². The summed E-state index contributed by atoms with van der Waals surface area (Å²) in [6.45, 7) is 0. The molecule has 0 aliphatic rings. The molecular weight excluding hydrogens is 297 g/mol. The number of allylic oxidation sites excluding steroid dienone is 1. The summed E-state index contributed by atoms with van der Waals surface area (Å²) >= 11 is 2.24. The number of hydrogen-bond donors (Lipinski definition) is 0. The van der Waals surface area contributed by atoms with Crippen molar-refractivity contribution in [2.75, 3.05) is 0 Å². The number of hydrogen-bond acceptors (Lipinski definition) is 1. The van der Waals surface area contributed by atoms with E-state index in [-0.39, 0.29) is 0 Å². The molecule has 76 valence electrons. The van der Waals surface area contributed by atoms with Crippen LogP contribution in [0.1, 0.15) is 12.1 Å². The van der Waals surface area contributed by atoms with Crippen LogP contribution in [0.5, 0.6) is 0 Å². The minimum Gasteiger partial charge on any atom is -0.253 e. The van der Waals surface area contributed by atoms with Gasteiger partial charge in [0.1, 0.15) is 0 Å². The van der Waals surface area contributed by atoms with Gasteiger partial charge in [0.05, 0.1) is 5.52 Å². The summed E-state index contributed by atoms with van der Waals surface area (Å²) < 4.78 is 2.05. The number of fused-ring (bicyclic) bond motifs is 1. The van der Waals surface area contributed by atoms with E-state index in [1.165, 1.54) is 11.1 Å². The number of benzene rings is 1.